The number of halogens is 1. The predicted molar refractivity (Wildman–Crippen MR) is 402 cm³/mol. The number of fused-ring (bicyclic) bond motifs is 6. The molecule has 103 heavy (non-hydrogen) atoms. The van der Waals surface area contributed by atoms with Gasteiger partial charge >= 0.3 is 103 Å². The summed E-state index contributed by atoms with van der Waals surface area (Å²) in [6, 6.07) is 41.7. The van der Waals surface area contributed by atoms with Crippen LogP contribution in [0.4, 0.5) is 17.5 Å². The van der Waals surface area contributed by atoms with Crippen LogP contribution < -0.4 is 152 Å². The van der Waals surface area contributed by atoms with Crippen molar-refractivity contribution in [2.45, 2.75) is 66.3 Å². The van der Waals surface area contributed by atoms with E-state index in [2.05, 4.69) is 157 Å². The van der Waals surface area contributed by atoms with Gasteiger partial charge in [-0.1, -0.05) is 94.9 Å². The SMILES string of the molecule is C.C#C[Si](C)(C)C.C#Cc1cccc(-n2ncc3c(NCc4ccc5c(c4)OCCO5)ncnc32)c1.C[Si](C)(C)C#Cc1cccc(-n2ncc3c(NCc4ccc5c(c4)OCCO5)ncnc32)c1.Ic1cccc(-n2ncc3c(NCc4ccc5c(c4)OCCO5)ncnc32)c1.O=CO[O-].[H-].[K+].[K+]. The van der Waals surface area contributed by atoms with E-state index in [1.807, 2.05) is 131 Å². The van der Waals surface area contributed by atoms with Crippen LogP contribution in [0.2, 0.25) is 39.3 Å². The minimum Gasteiger partial charge on any atom is -1.00 e. The molecular formula is C74H74IK2N15O9Si2. The summed E-state index contributed by atoms with van der Waals surface area (Å²) in [7, 11) is -2.55. The Morgan fingerprint density at radius 1 is 0.505 bits per heavy atom. The minimum absolute atomic E-state index is 0. The van der Waals surface area contributed by atoms with Crippen LogP contribution in [0, 0.1) is 39.3 Å². The van der Waals surface area contributed by atoms with E-state index in [0.717, 1.165) is 122 Å². The summed E-state index contributed by atoms with van der Waals surface area (Å²) >= 11 is 2.29. The quantitative estimate of drug-likeness (QED) is 0.0294. The molecule has 516 valence electrons. The summed E-state index contributed by atoms with van der Waals surface area (Å²) in [4.78, 5) is 37.8. The Hall–Kier alpha value is -8.28. The molecule has 3 aliphatic rings. The molecule has 9 heterocycles. The van der Waals surface area contributed by atoms with Crippen LogP contribution in [0.1, 0.15) is 36.7 Å². The zero-order valence-electron chi connectivity index (χ0n) is 58.6. The smallest absolute Gasteiger partial charge is 1.00 e. The maximum atomic E-state index is 8.64. The standard InChI is InChI=1S/C25H25N5O2Si.C22H17N5O2.C20H16IN5O2.C5H10Si.CH2O3.CH4.2K.H/c1-33(2,3)12-9-18-5-4-6-20(13-18)30-25-21(16-29-30)24(27-17-28-25)26-15-19-7-8-22-23(14-19)32-11-10-31-22;1-2-15-4-3-5-17(10-15)27-22-18(13-26-27)21(24-14-25-22)23-12-16-6-7-19-20(11-16)29-9-8-28-19;21-14-2-1-3-15(9-14)26-20-16(11-25-26)19(23-12-24-20)22-10-13-4-5-17-18(8-13)28-7-6-27-17;1-5-6(2,3)4;2-1-4-3;;;;/h4-8,13-14,16-17H,10-11,15H2,1-3H3,(H,26,27,28);1,3-7,10-11,13-14H,8-9,12H2,(H,23,24,25);1-5,8-9,11-12H,6-7,10H2,(H,22,23,24);1H,2-4H3;1,3H;1H4;;;/q;;;;;;2*+1;-1/p-1. The maximum absolute atomic E-state index is 8.64. The molecule has 0 saturated heterocycles. The third-order valence-corrected chi connectivity index (χ3v) is 17.2. The largest absolute Gasteiger partial charge is 1.00 e. The number of carbonyl (C=O) groups excluding carboxylic acids is 1. The topological polar surface area (TPSA) is 272 Å². The molecule has 0 unspecified atom stereocenters. The van der Waals surface area contributed by atoms with Crippen molar-refractivity contribution in [1.82, 2.24) is 59.2 Å². The van der Waals surface area contributed by atoms with E-state index in [0.29, 0.717) is 70.7 Å². The molecule has 0 aliphatic carbocycles. The first-order valence-electron chi connectivity index (χ1n) is 31.6. The molecule has 0 spiro atoms. The summed E-state index contributed by atoms with van der Waals surface area (Å²) in [5.41, 5.74) is 16.1. The molecule has 0 amide bonds. The van der Waals surface area contributed by atoms with Crippen LogP contribution in [0.15, 0.2) is 165 Å². The number of anilines is 3. The summed E-state index contributed by atoms with van der Waals surface area (Å²) in [5, 5.41) is 34.7. The summed E-state index contributed by atoms with van der Waals surface area (Å²) in [6.07, 6.45) is 20.6. The van der Waals surface area contributed by atoms with Crippen molar-refractivity contribution in [3.05, 3.63) is 196 Å². The molecule has 0 atom stereocenters. The Bertz CT molecular complexity index is 5050. The van der Waals surface area contributed by atoms with Crippen molar-refractivity contribution in [3.63, 3.8) is 0 Å². The van der Waals surface area contributed by atoms with Crippen molar-refractivity contribution in [2.24, 2.45) is 0 Å². The second kappa shape index (κ2) is 38.5. The predicted octanol–water partition coefficient (Wildman–Crippen LogP) is 6.10. The molecule has 0 bridgehead atoms. The number of aromatic nitrogens is 12. The third-order valence-electron chi connectivity index (χ3n) is 14.8. The van der Waals surface area contributed by atoms with Crippen molar-refractivity contribution in [3.8, 4) is 87.3 Å². The van der Waals surface area contributed by atoms with Gasteiger partial charge in [0.2, 0.25) is 0 Å². The average Bonchev–Trinajstić information content (AvgIpc) is 1.64. The summed E-state index contributed by atoms with van der Waals surface area (Å²) in [5.74, 6) is 12.8. The van der Waals surface area contributed by atoms with Crippen LogP contribution in [-0.4, -0.2) is 122 Å². The van der Waals surface area contributed by atoms with E-state index in [1.54, 1.807) is 35.9 Å². The van der Waals surface area contributed by atoms with Crippen LogP contribution in [-0.2, 0) is 29.3 Å². The van der Waals surface area contributed by atoms with E-state index < -0.39 is 16.1 Å². The van der Waals surface area contributed by atoms with Gasteiger partial charge in [-0.3, -0.25) is 4.79 Å². The van der Waals surface area contributed by atoms with Gasteiger partial charge in [0, 0.05) is 34.3 Å². The fourth-order valence-electron chi connectivity index (χ4n) is 9.98. The number of nitrogens with one attached hydrogen (secondary N) is 3. The number of terminal acetylenes is 2. The summed E-state index contributed by atoms with van der Waals surface area (Å²) in [6.45, 7) is 18.2. The Morgan fingerprint density at radius 2 is 0.845 bits per heavy atom. The number of hydrogen-bond acceptors (Lipinski definition) is 21. The number of ether oxygens (including phenoxy) is 6. The molecule has 6 aromatic heterocycles. The molecule has 15 rings (SSSR count). The second-order valence-electron chi connectivity index (χ2n) is 24.4. The van der Waals surface area contributed by atoms with Gasteiger partial charge in [0.1, 0.15) is 92.2 Å². The van der Waals surface area contributed by atoms with Crippen molar-refractivity contribution >= 4 is 95.8 Å². The van der Waals surface area contributed by atoms with Gasteiger partial charge < -0.3 is 55.9 Å². The number of nitrogens with zero attached hydrogens (tertiary/aromatic N) is 12. The first kappa shape index (κ1) is 80.4. The number of carbonyl (C=O) groups is 1. The Labute approximate surface area is 699 Å². The van der Waals surface area contributed by atoms with Gasteiger partial charge in [0.25, 0.3) is 6.47 Å². The number of benzene rings is 6. The van der Waals surface area contributed by atoms with E-state index in [-0.39, 0.29) is 118 Å². The van der Waals surface area contributed by atoms with E-state index in [9.17, 15) is 0 Å². The molecule has 3 N–H and O–H groups in total. The third kappa shape index (κ3) is 21.9. The zero-order chi connectivity index (χ0) is 70.0. The Morgan fingerprint density at radius 3 is 1.18 bits per heavy atom. The van der Waals surface area contributed by atoms with E-state index in [1.165, 1.54) is 6.33 Å². The van der Waals surface area contributed by atoms with Gasteiger partial charge in [-0.2, -0.15) is 15.3 Å². The fraction of sp³-hybridized carbons (Fsp3) is 0.216. The van der Waals surface area contributed by atoms with Gasteiger partial charge in [-0.05, 0) is 130 Å². The normalized spacial score (nSPS) is 11.9. The van der Waals surface area contributed by atoms with Crippen molar-refractivity contribution < 1.29 is 148 Å². The molecule has 3 aliphatic heterocycles. The van der Waals surface area contributed by atoms with Gasteiger partial charge in [-0.25, -0.2) is 43.9 Å². The molecule has 0 saturated carbocycles. The molecule has 24 nitrogen and oxygen atoms in total. The summed E-state index contributed by atoms with van der Waals surface area (Å²) < 4.78 is 40.3. The maximum Gasteiger partial charge on any atom is 1.00 e. The average molecular weight is 1580 g/mol. The molecular weight excluding hydrogens is 1500 g/mol. The number of hydrogen-bond donors (Lipinski definition) is 3. The first-order valence-corrected chi connectivity index (χ1v) is 39.7. The molecule has 6 aromatic carbocycles. The molecule has 0 fully saturated rings. The number of rotatable bonds is 13. The first-order chi connectivity index (χ1) is 48.5. The van der Waals surface area contributed by atoms with Crippen molar-refractivity contribution in [2.75, 3.05) is 55.6 Å². The monoisotopic (exact) mass is 1580 g/mol. The molecule has 0 radical (unpaired) electrons. The van der Waals surface area contributed by atoms with Crippen LogP contribution >= 0.6 is 22.6 Å². The van der Waals surface area contributed by atoms with E-state index >= 15 is 0 Å². The van der Waals surface area contributed by atoms with E-state index in [4.69, 9.17) is 51.3 Å². The van der Waals surface area contributed by atoms with Gasteiger partial charge in [-0.15, -0.1) is 23.9 Å². The Kier molecular flexibility index (Phi) is 30.0. The van der Waals surface area contributed by atoms with Crippen molar-refractivity contribution in [1.29, 1.82) is 0 Å². The van der Waals surface area contributed by atoms with Crippen LogP contribution in [0.25, 0.3) is 50.2 Å². The molecule has 29 heteroatoms. The fourth-order valence-corrected chi connectivity index (χ4v) is 11.0. The van der Waals surface area contributed by atoms with Crippen LogP contribution in [0.3, 0.4) is 0 Å². The second-order valence-corrected chi connectivity index (χ2v) is 35.1. The zero-order valence-corrected chi connectivity index (χ0v) is 68.0. The van der Waals surface area contributed by atoms with Gasteiger partial charge in [0.15, 0.2) is 51.4 Å². The Balaban J connectivity index is 0.000000201. The molecule has 12 aromatic rings. The van der Waals surface area contributed by atoms with Crippen LogP contribution in [0.5, 0.6) is 34.5 Å². The van der Waals surface area contributed by atoms with Gasteiger partial charge in [0.05, 0.1) is 51.8 Å². The minimum atomic E-state index is -1.45.